The van der Waals surface area contributed by atoms with Gasteiger partial charge in [0.2, 0.25) is 0 Å². The Kier molecular flexibility index (Phi) is 2.19. The van der Waals surface area contributed by atoms with E-state index in [9.17, 15) is 4.39 Å². The average molecular weight is 181 g/mol. The number of rotatable bonds is 1. The van der Waals surface area contributed by atoms with E-state index in [1.165, 1.54) is 6.07 Å². The zero-order chi connectivity index (χ0) is 9.26. The van der Waals surface area contributed by atoms with Crippen molar-refractivity contribution in [3.8, 4) is 5.75 Å². The van der Waals surface area contributed by atoms with Crippen molar-refractivity contribution in [1.82, 2.24) is 5.32 Å². The number of ether oxygens (including phenoxy) is 1. The molecule has 0 bridgehead atoms. The second kappa shape index (κ2) is 3.34. The molecule has 0 atom stereocenters. The van der Waals surface area contributed by atoms with Gasteiger partial charge in [0.05, 0.1) is 7.11 Å². The molecule has 0 amide bonds. The predicted molar refractivity (Wildman–Crippen MR) is 48.4 cm³/mol. The van der Waals surface area contributed by atoms with Crippen LogP contribution in [0.15, 0.2) is 12.1 Å². The lowest BCUT2D eigenvalue weighted by atomic mass is 10.00. The quantitative estimate of drug-likeness (QED) is 0.708. The molecule has 1 aromatic carbocycles. The molecule has 0 saturated heterocycles. The van der Waals surface area contributed by atoms with Crippen LogP contribution in [0.5, 0.6) is 5.75 Å². The molecule has 1 N–H and O–H groups in total. The van der Waals surface area contributed by atoms with Gasteiger partial charge in [0.1, 0.15) is 11.6 Å². The van der Waals surface area contributed by atoms with Gasteiger partial charge in [-0.05, 0) is 24.6 Å². The number of fused-ring (bicyclic) bond motifs is 1. The fraction of sp³-hybridized carbons (Fsp3) is 0.400. The molecule has 0 aromatic heterocycles. The summed E-state index contributed by atoms with van der Waals surface area (Å²) in [6.07, 6.45) is 0.878. The minimum Gasteiger partial charge on any atom is -0.496 e. The van der Waals surface area contributed by atoms with Crippen molar-refractivity contribution >= 4 is 0 Å². The van der Waals surface area contributed by atoms with E-state index >= 15 is 0 Å². The maximum absolute atomic E-state index is 13.0. The Morgan fingerprint density at radius 1 is 1.46 bits per heavy atom. The summed E-state index contributed by atoms with van der Waals surface area (Å²) in [6, 6.07) is 3.03. The molecule has 1 aliphatic rings. The molecule has 0 saturated carbocycles. The van der Waals surface area contributed by atoms with Crippen molar-refractivity contribution in [3.05, 3.63) is 29.1 Å². The molecule has 0 fully saturated rings. The normalized spacial score (nSPS) is 15.2. The highest BCUT2D eigenvalue weighted by atomic mass is 19.1. The molecule has 70 valence electrons. The molecule has 0 aliphatic carbocycles. The lowest BCUT2D eigenvalue weighted by molar-refractivity contribution is 0.400. The van der Waals surface area contributed by atoms with Crippen LogP contribution in [0, 0.1) is 5.82 Å². The van der Waals surface area contributed by atoms with E-state index in [0.29, 0.717) is 5.75 Å². The van der Waals surface area contributed by atoms with Crippen LogP contribution >= 0.6 is 0 Å². The first-order valence-electron chi connectivity index (χ1n) is 4.37. The molecule has 13 heavy (non-hydrogen) atoms. The molecule has 3 heteroatoms. The summed E-state index contributed by atoms with van der Waals surface area (Å²) in [5.41, 5.74) is 2.16. The Balaban J connectivity index is 2.50. The summed E-state index contributed by atoms with van der Waals surface area (Å²) < 4.78 is 18.2. The van der Waals surface area contributed by atoms with Crippen molar-refractivity contribution in [2.45, 2.75) is 13.0 Å². The molecule has 0 unspecified atom stereocenters. The van der Waals surface area contributed by atoms with Crippen LogP contribution < -0.4 is 10.1 Å². The topological polar surface area (TPSA) is 21.3 Å². The lowest BCUT2D eigenvalue weighted by Gasteiger charge is -2.19. The minimum absolute atomic E-state index is 0.211. The molecule has 2 nitrogen and oxygen atoms in total. The molecular weight excluding hydrogens is 169 g/mol. The Morgan fingerprint density at radius 2 is 2.31 bits per heavy atom. The van der Waals surface area contributed by atoms with Gasteiger partial charge in [-0.3, -0.25) is 0 Å². The Labute approximate surface area is 76.7 Å². The summed E-state index contributed by atoms with van der Waals surface area (Å²) in [6.45, 7) is 1.69. The van der Waals surface area contributed by atoms with Crippen LogP contribution in [0.3, 0.4) is 0 Å². The first-order chi connectivity index (χ1) is 6.31. The average Bonchev–Trinajstić information content (AvgIpc) is 2.16. The minimum atomic E-state index is -0.211. The van der Waals surface area contributed by atoms with Crippen LogP contribution in [0.2, 0.25) is 0 Å². The number of methoxy groups -OCH3 is 1. The monoisotopic (exact) mass is 181 g/mol. The number of nitrogens with one attached hydrogen (secondary N) is 1. The van der Waals surface area contributed by atoms with Crippen LogP contribution in [-0.2, 0) is 13.0 Å². The predicted octanol–water partition coefficient (Wildman–Crippen LogP) is 1.48. The van der Waals surface area contributed by atoms with Crippen molar-refractivity contribution in [2.75, 3.05) is 13.7 Å². The highest BCUT2D eigenvalue weighted by molar-refractivity contribution is 5.42. The van der Waals surface area contributed by atoms with Crippen LogP contribution in [0.1, 0.15) is 11.1 Å². The van der Waals surface area contributed by atoms with Gasteiger partial charge >= 0.3 is 0 Å². The third-order valence-electron chi connectivity index (χ3n) is 2.36. The van der Waals surface area contributed by atoms with E-state index < -0.39 is 0 Å². The van der Waals surface area contributed by atoms with Gasteiger partial charge in [-0.1, -0.05) is 0 Å². The molecule has 0 radical (unpaired) electrons. The summed E-state index contributed by atoms with van der Waals surface area (Å²) in [5, 5.41) is 3.23. The van der Waals surface area contributed by atoms with Gasteiger partial charge < -0.3 is 10.1 Å². The molecular formula is C10H12FNO. The van der Waals surface area contributed by atoms with Gasteiger partial charge in [0, 0.05) is 18.2 Å². The lowest BCUT2D eigenvalue weighted by Crippen LogP contribution is -2.24. The Bertz CT molecular complexity index is 308. The fourth-order valence-corrected chi connectivity index (χ4v) is 1.71. The third-order valence-corrected chi connectivity index (χ3v) is 2.36. The maximum atomic E-state index is 13.0. The van der Waals surface area contributed by atoms with Crippen LogP contribution in [0.4, 0.5) is 4.39 Å². The van der Waals surface area contributed by atoms with E-state index in [1.54, 1.807) is 13.2 Å². The molecule has 1 aliphatic heterocycles. The maximum Gasteiger partial charge on any atom is 0.127 e. The highest BCUT2D eigenvalue weighted by Gasteiger charge is 2.14. The summed E-state index contributed by atoms with van der Waals surface area (Å²) in [4.78, 5) is 0. The van der Waals surface area contributed by atoms with Gasteiger partial charge in [0.25, 0.3) is 0 Å². The second-order valence-electron chi connectivity index (χ2n) is 3.17. The van der Waals surface area contributed by atoms with E-state index in [1.807, 2.05) is 0 Å². The van der Waals surface area contributed by atoms with Gasteiger partial charge in [0.15, 0.2) is 0 Å². The number of hydrogen-bond donors (Lipinski definition) is 1. The van der Waals surface area contributed by atoms with Crippen LogP contribution in [0.25, 0.3) is 0 Å². The number of hydrogen-bond acceptors (Lipinski definition) is 2. The van der Waals surface area contributed by atoms with Crippen LogP contribution in [-0.4, -0.2) is 13.7 Å². The SMILES string of the molecule is COc1cc(F)cc2c1CNCC2. The summed E-state index contributed by atoms with van der Waals surface area (Å²) >= 11 is 0. The first kappa shape index (κ1) is 8.51. The highest BCUT2D eigenvalue weighted by Crippen LogP contribution is 2.26. The van der Waals surface area contributed by atoms with E-state index in [0.717, 1.165) is 30.6 Å². The largest absolute Gasteiger partial charge is 0.496 e. The fourth-order valence-electron chi connectivity index (χ4n) is 1.71. The first-order valence-corrected chi connectivity index (χ1v) is 4.37. The standard InChI is InChI=1S/C10H12FNO/c1-13-10-5-8(11)4-7-2-3-12-6-9(7)10/h4-5,12H,2-3,6H2,1H3. The molecule has 1 aromatic rings. The Morgan fingerprint density at radius 3 is 3.08 bits per heavy atom. The Hall–Kier alpha value is -1.09. The number of benzene rings is 1. The van der Waals surface area contributed by atoms with Gasteiger partial charge in [-0.25, -0.2) is 4.39 Å². The smallest absolute Gasteiger partial charge is 0.127 e. The number of halogens is 1. The van der Waals surface area contributed by atoms with Crippen molar-refractivity contribution in [2.24, 2.45) is 0 Å². The molecule has 2 rings (SSSR count). The molecule has 0 spiro atoms. The van der Waals surface area contributed by atoms with Gasteiger partial charge in [-0.2, -0.15) is 0 Å². The summed E-state index contributed by atoms with van der Waals surface area (Å²) in [7, 11) is 1.57. The zero-order valence-corrected chi connectivity index (χ0v) is 7.56. The second-order valence-corrected chi connectivity index (χ2v) is 3.17. The summed E-state index contributed by atoms with van der Waals surface area (Å²) in [5.74, 6) is 0.444. The van der Waals surface area contributed by atoms with Crippen molar-refractivity contribution in [1.29, 1.82) is 0 Å². The van der Waals surface area contributed by atoms with E-state index in [2.05, 4.69) is 5.32 Å². The van der Waals surface area contributed by atoms with Gasteiger partial charge in [-0.15, -0.1) is 0 Å². The van der Waals surface area contributed by atoms with E-state index in [-0.39, 0.29) is 5.82 Å². The third kappa shape index (κ3) is 1.52. The van der Waals surface area contributed by atoms with E-state index in [4.69, 9.17) is 4.74 Å². The van der Waals surface area contributed by atoms with Crippen molar-refractivity contribution in [3.63, 3.8) is 0 Å². The zero-order valence-electron chi connectivity index (χ0n) is 7.56. The molecule has 1 heterocycles. The van der Waals surface area contributed by atoms with Crippen molar-refractivity contribution < 1.29 is 9.13 Å².